The van der Waals surface area contributed by atoms with Crippen molar-refractivity contribution in [1.29, 1.82) is 0 Å². The summed E-state index contributed by atoms with van der Waals surface area (Å²) in [6.07, 6.45) is 5.28. The van der Waals surface area contributed by atoms with Crippen molar-refractivity contribution in [1.82, 2.24) is 25.1 Å². The van der Waals surface area contributed by atoms with E-state index in [4.69, 9.17) is 4.74 Å². The normalized spacial score (nSPS) is 23.9. The lowest BCUT2D eigenvalue weighted by Gasteiger charge is -2.34. The van der Waals surface area contributed by atoms with Gasteiger partial charge in [0.15, 0.2) is 0 Å². The highest BCUT2D eigenvalue weighted by molar-refractivity contribution is 5.82. The highest BCUT2D eigenvalue weighted by Gasteiger charge is 2.41. The molecular formula is C18H27N5O4. The molecule has 3 rings (SSSR count). The molecule has 0 aliphatic carbocycles. The summed E-state index contributed by atoms with van der Waals surface area (Å²) >= 11 is 0. The van der Waals surface area contributed by atoms with Gasteiger partial charge in [0.25, 0.3) is 0 Å². The van der Waals surface area contributed by atoms with Crippen LogP contribution in [0.1, 0.15) is 26.2 Å². The molecule has 0 saturated carbocycles. The molecule has 27 heavy (non-hydrogen) atoms. The van der Waals surface area contributed by atoms with Crippen molar-refractivity contribution in [3.63, 3.8) is 0 Å². The molecule has 2 atom stereocenters. The number of carbonyl (C=O) groups is 2. The Kier molecular flexibility index (Phi) is 6.57. The van der Waals surface area contributed by atoms with E-state index in [0.717, 1.165) is 12.8 Å². The van der Waals surface area contributed by atoms with Crippen molar-refractivity contribution in [3.05, 3.63) is 28.9 Å². The summed E-state index contributed by atoms with van der Waals surface area (Å²) in [5.41, 5.74) is -0.455. The van der Waals surface area contributed by atoms with Crippen LogP contribution in [0.3, 0.4) is 0 Å². The van der Waals surface area contributed by atoms with E-state index in [-0.39, 0.29) is 36.5 Å². The molecular weight excluding hydrogens is 350 g/mol. The number of carbonyl (C=O) groups excluding carboxylic acids is 2. The molecule has 2 amide bonds. The van der Waals surface area contributed by atoms with E-state index >= 15 is 0 Å². The lowest BCUT2D eigenvalue weighted by Crippen LogP contribution is -2.49. The zero-order valence-electron chi connectivity index (χ0n) is 15.6. The van der Waals surface area contributed by atoms with Gasteiger partial charge in [-0.1, -0.05) is 0 Å². The highest BCUT2D eigenvalue weighted by Crippen LogP contribution is 2.26. The van der Waals surface area contributed by atoms with Gasteiger partial charge in [0.1, 0.15) is 6.54 Å². The summed E-state index contributed by atoms with van der Waals surface area (Å²) in [6.45, 7) is 4.43. The zero-order chi connectivity index (χ0) is 19.2. The Morgan fingerprint density at radius 3 is 2.81 bits per heavy atom. The van der Waals surface area contributed by atoms with E-state index in [1.54, 1.807) is 6.07 Å². The van der Waals surface area contributed by atoms with Crippen molar-refractivity contribution in [2.45, 2.75) is 50.9 Å². The first-order valence-electron chi connectivity index (χ1n) is 9.50. The van der Waals surface area contributed by atoms with Gasteiger partial charge < -0.3 is 15.4 Å². The maximum absolute atomic E-state index is 12.5. The van der Waals surface area contributed by atoms with Gasteiger partial charge in [0, 0.05) is 50.8 Å². The standard InChI is InChI=1S/C18H27N5O4/c1-2-19-17(25)15-10-13(11-23(15)14-4-8-27-9-5-14)21-16(24)12-22-7-3-6-20-18(22)26/h3,6-7,13-15H,2,4-5,8-12H2,1H3,(H,19,25)(H,21,24)/t13-,15-/m0/s1. The third kappa shape index (κ3) is 4.92. The van der Waals surface area contributed by atoms with Crippen molar-refractivity contribution in [2.24, 2.45) is 0 Å². The first-order chi connectivity index (χ1) is 13.1. The highest BCUT2D eigenvalue weighted by atomic mass is 16.5. The van der Waals surface area contributed by atoms with E-state index in [2.05, 4.69) is 20.5 Å². The molecule has 0 aromatic carbocycles. The molecule has 2 aliphatic rings. The Morgan fingerprint density at radius 1 is 1.33 bits per heavy atom. The number of nitrogens with one attached hydrogen (secondary N) is 2. The lowest BCUT2D eigenvalue weighted by atomic mass is 10.1. The zero-order valence-corrected chi connectivity index (χ0v) is 15.6. The first-order valence-corrected chi connectivity index (χ1v) is 9.50. The van der Waals surface area contributed by atoms with Gasteiger partial charge in [-0.2, -0.15) is 0 Å². The van der Waals surface area contributed by atoms with Crippen LogP contribution in [0.25, 0.3) is 0 Å². The van der Waals surface area contributed by atoms with Gasteiger partial charge in [-0.3, -0.25) is 19.1 Å². The first kappa shape index (κ1) is 19.5. The molecule has 2 N–H and O–H groups in total. The summed E-state index contributed by atoms with van der Waals surface area (Å²) in [7, 11) is 0. The summed E-state index contributed by atoms with van der Waals surface area (Å²) in [5, 5.41) is 5.87. The number of amides is 2. The number of ether oxygens (including phenoxy) is 1. The number of hydrogen-bond acceptors (Lipinski definition) is 6. The third-order valence-corrected chi connectivity index (χ3v) is 5.11. The second kappa shape index (κ2) is 9.09. The van der Waals surface area contributed by atoms with Crippen molar-refractivity contribution in [2.75, 3.05) is 26.3 Å². The minimum atomic E-state index is -0.455. The number of rotatable bonds is 6. The SMILES string of the molecule is CCNC(=O)[C@@H]1C[C@H](NC(=O)Cn2cccnc2=O)CN1C1CCOCC1. The van der Waals surface area contributed by atoms with Crippen molar-refractivity contribution < 1.29 is 14.3 Å². The Balaban J connectivity index is 1.63. The van der Waals surface area contributed by atoms with Gasteiger partial charge >= 0.3 is 5.69 Å². The lowest BCUT2D eigenvalue weighted by molar-refractivity contribution is -0.127. The molecule has 0 spiro atoms. The fourth-order valence-corrected chi connectivity index (χ4v) is 3.87. The Labute approximate surface area is 158 Å². The van der Waals surface area contributed by atoms with E-state index in [0.29, 0.717) is 32.7 Å². The predicted molar refractivity (Wildman–Crippen MR) is 98.1 cm³/mol. The maximum Gasteiger partial charge on any atom is 0.347 e. The van der Waals surface area contributed by atoms with Gasteiger partial charge in [-0.05, 0) is 32.3 Å². The van der Waals surface area contributed by atoms with Gasteiger partial charge in [0.2, 0.25) is 11.8 Å². The van der Waals surface area contributed by atoms with Crippen LogP contribution < -0.4 is 16.3 Å². The molecule has 1 aromatic rings. The summed E-state index contributed by atoms with van der Waals surface area (Å²) < 4.78 is 6.70. The molecule has 3 heterocycles. The van der Waals surface area contributed by atoms with E-state index in [9.17, 15) is 14.4 Å². The van der Waals surface area contributed by atoms with Crippen molar-refractivity contribution >= 4 is 11.8 Å². The average Bonchev–Trinajstić information content (AvgIpc) is 3.08. The Morgan fingerprint density at radius 2 is 2.11 bits per heavy atom. The fraction of sp³-hybridized carbons (Fsp3) is 0.667. The number of aromatic nitrogens is 2. The van der Waals surface area contributed by atoms with Crippen LogP contribution in [0.5, 0.6) is 0 Å². The van der Waals surface area contributed by atoms with Crippen molar-refractivity contribution in [3.8, 4) is 0 Å². The van der Waals surface area contributed by atoms with Crippen LogP contribution in [0.2, 0.25) is 0 Å². The summed E-state index contributed by atoms with van der Waals surface area (Å²) in [4.78, 5) is 42.4. The molecule has 9 nitrogen and oxygen atoms in total. The average molecular weight is 377 g/mol. The van der Waals surface area contributed by atoms with E-state index in [1.807, 2.05) is 6.92 Å². The second-order valence-electron chi connectivity index (χ2n) is 6.98. The fourth-order valence-electron chi connectivity index (χ4n) is 3.87. The van der Waals surface area contributed by atoms with E-state index in [1.165, 1.54) is 17.0 Å². The number of nitrogens with zero attached hydrogens (tertiary/aromatic N) is 3. The second-order valence-corrected chi connectivity index (χ2v) is 6.98. The molecule has 0 radical (unpaired) electrons. The van der Waals surface area contributed by atoms with Gasteiger partial charge in [-0.15, -0.1) is 0 Å². The number of likely N-dealkylation sites (tertiary alicyclic amines) is 1. The predicted octanol–water partition coefficient (Wildman–Crippen LogP) is -0.882. The molecule has 2 fully saturated rings. The molecule has 0 unspecified atom stereocenters. The van der Waals surface area contributed by atoms with Crippen LogP contribution in [-0.4, -0.2) is 70.7 Å². The minimum absolute atomic E-state index is 0.00391. The maximum atomic E-state index is 12.5. The topological polar surface area (TPSA) is 106 Å². The molecule has 2 aliphatic heterocycles. The number of hydrogen-bond donors (Lipinski definition) is 2. The van der Waals surface area contributed by atoms with Crippen LogP contribution >= 0.6 is 0 Å². The Hall–Kier alpha value is -2.26. The smallest absolute Gasteiger partial charge is 0.347 e. The molecule has 148 valence electrons. The largest absolute Gasteiger partial charge is 0.381 e. The van der Waals surface area contributed by atoms with Crippen LogP contribution in [0, 0.1) is 0 Å². The molecule has 0 bridgehead atoms. The summed E-state index contributed by atoms with van der Waals surface area (Å²) in [5.74, 6) is -0.247. The van der Waals surface area contributed by atoms with Gasteiger partial charge in [0.05, 0.1) is 6.04 Å². The Bertz CT molecular complexity index is 716. The molecule has 9 heteroatoms. The van der Waals surface area contributed by atoms with Crippen LogP contribution in [0.4, 0.5) is 0 Å². The molecule has 1 aromatic heterocycles. The summed E-state index contributed by atoms with van der Waals surface area (Å²) in [6, 6.07) is 1.52. The third-order valence-electron chi connectivity index (χ3n) is 5.11. The van der Waals surface area contributed by atoms with Gasteiger partial charge in [-0.25, -0.2) is 9.78 Å². The molecule has 2 saturated heterocycles. The quantitative estimate of drug-likeness (QED) is 0.667. The van der Waals surface area contributed by atoms with Crippen LogP contribution in [-0.2, 0) is 20.9 Å². The monoisotopic (exact) mass is 377 g/mol. The van der Waals surface area contributed by atoms with Crippen LogP contribution in [0.15, 0.2) is 23.3 Å². The number of likely N-dealkylation sites (N-methyl/N-ethyl adjacent to an activating group) is 1. The minimum Gasteiger partial charge on any atom is -0.381 e. The van der Waals surface area contributed by atoms with E-state index < -0.39 is 5.69 Å².